The molecule has 142 valence electrons. The number of rotatable bonds is 6. The van der Waals surface area contributed by atoms with Gasteiger partial charge in [0.25, 0.3) is 0 Å². The van der Waals surface area contributed by atoms with Crippen LogP contribution in [0, 0.1) is 5.92 Å². The summed E-state index contributed by atoms with van der Waals surface area (Å²) >= 11 is 0. The number of fused-ring (bicyclic) bond motifs is 1. The predicted octanol–water partition coefficient (Wildman–Crippen LogP) is 2.98. The van der Waals surface area contributed by atoms with Crippen molar-refractivity contribution in [2.75, 3.05) is 26.2 Å². The second-order valence-electron chi connectivity index (χ2n) is 7.64. The van der Waals surface area contributed by atoms with Gasteiger partial charge in [0, 0.05) is 57.0 Å². The molecule has 5 heteroatoms. The van der Waals surface area contributed by atoms with Crippen LogP contribution in [0.15, 0.2) is 48.9 Å². The van der Waals surface area contributed by atoms with Crippen molar-refractivity contribution in [3.8, 4) is 0 Å². The van der Waals surface area contributed by atoms with Gasteiger partial charge in [0.05, 0.1) is 6.33 Å². The summed E-state index contributed by atoms with van der Waals surface area (Å²) in [5.41, 5.74) is 2.36. The van der Waals surface area contributed by atoms with Crippen molar-refractivity contribution in [2.45, 2.75) is 31.7 Å². The summed E-state index contributed by atoms with van der Waals surface area (Å²) in [7, 11) is 0. The van der Waals surface area contributed by atoms with E-state index >= 15 is 0 Å². The van der Waals surface area contributed by atoms with Gasteiger partial charge in [-0.15, -0.1) is 0 Å². The molecule has 5 nitrogen and oxygen atoms in total. The van der Waals surface area contributed by atoms with Gasteiger partial charge >= 0.3 is 0 Å². The summed E-state index contributed by atoms with van der Waals surface area (Å²) in [5.74, 6) is 0.927. The lowest BCUT2D eigenvalue weighted by molar-refractivity contribution is -0.140. The Labute approximate surface area is 161 Å². The molecule has 1 amide bonds. The normalized spacial score (nSPS) is 23.7. The highest BCUT2D eigenvalue weighted by Crippen LogP contribution is 2.31. The van der Waals surface area contributed by atoms with Crippen molar-refractivity contribution < 1.29 is 4.79 Å². The maximum absolute atomic E-state index is 12.5. The van der Waals surface area contributed by atoms with Crippen molar-refractivity contribution in [3.63, 3.8) is 0 Å². The van der Waals surface area contributed by atoms with Crippen LogP contribution in [-0.4, -0.2) is 57.9 Å². The zero-order valence-electron chi connectivity index (χ0n) is 15.8. The number of carbonyl (C=O) groups is 1. The first-order valence-electron chi connectivity index (χ1n) is 10.0. The standard InChI is InChI=1S/C22H28N4O/c27-22-9-8-19-16-25(12-4-7-18-5-2-1-3-6-18)13-11-21(19)26(22)14-10-20-15-23-17-24-20/h1-7,15,17,19,21H,8-14,16H2,(H,23,24)/b7-4+/t19-,21+/m0/s1. The van der Waals surface area contributed by atoms with E-state index in [0.717, 1.165) is 51.1 Å². The molecule has 0 radical (unpaired) electrons. The number of nitrogens with one attached hydrogen (secondary N) is 1. The number of aromatic nitrogens is 2. The summed E-state index contributed by atoms with van der Waals surface area (Å²) in [5, 5.41) is 0. The van der Waals surface area contributed by atoms with E-state index in [0.29, 0.717) is 24.3 Å². The second kappa shape index (κ2) is 8.53. The Bertz CT molecular complexity index is 756. The Kier molecular flexibility index (Phi) is 5.68. The summed E-state index contributed by atoms with van der Waals surface area (Å²) < 4.78 is 0. The lowest BCUT2D eigenvalue weighted by Gasteiger charge is -2.47. The van der Waals surface area contributed by atoms with E-state index in [-0.39, 0.29) is 0 Å². The van der Waals surface area contributed by atoms with Crippen LogP contribution < -0.4 is 0 Å². The Balaban J connectivity index is 1.31. The van der Waals surface area contributed by atoms with E-state index in [1.165, 1.54) is 5.56 Å². The number of hydrogen-bond donors (Lipinski definition) is 1. The first kappa shape index (κ1) is 18.0. The molecule has 2 atom stereocenters. The average Bonchev–Trinajstić information content (AvgIpc) is 3.22. The molecule has 0 saturated carbocycles. The molecule has 1 N–H and O–H groups in total. The molecule has 0 spiro atoms. The number of likely N-dealkylation sites (tertiary alicyclic amines) is 2. The van der Waals surface area contributed by atoms with Gasteiger partial charge in [0.2, 0.25) is 5.91 Å². The van der Waals surface area contributed by atoms with Crippen LogP contribution in [0.4, 0.5) is 0 Å². The topological polar surface area (TPSA) is 52.2 Å². The molecular weight excluding hydrogens is 336 g/mol. The van der Waals surface area contributed by atoms with Crippen LogP contribution in [0.25, 0.3) is 6.08 Å². The minimum atomic E-state index is 0.327. The minimum absolute atomic E-state index is 0.327. The number of piperidine rings is 2. The number of amides is 1. The molecule has 2 aliphatic rings. The fraction of sp³-hybridized carbons (Fsp3) is 0.455. The van der Waals surface area contributed by atoms with Crippen molar-refractivity contribution in [1.29, 1.82) is 0 Å². The van der Waals surface area contributed by atoms with Gasteiger partial charge in [0.1, 0.15) is 0 Å². The highest BCUT2D eigenvalue weighted by atomic mass is 16.2. The van der Waals surface area contributed by atoms with E-state index in [2.05, 4.69) is 56.2 Å². The van der Waals surface area contributed by atoms with Crippen LogP contribution >= 0.6 is 0 Å². The van der Waals surface area contributed by atoms with Crippen LogP contribution in [0.1, 0.15) is 30.5 Å². The number of H-pyrrole nitrogens is 1. The third-order valence-corrected chi connectivity index (χ3v) is 5.88. The lowest BCUT2D eigenvalue weighted by Crippen LogP contribution is -2.56. The molecular formula is C22H28N4O. The third kappa shape index (κ3) is 4.48. The van der Waals surface area contributed by atoms with Crippen LogP contribution in [0.3, 0.4) is 0 Å². The van der Waals surface area contributed by atoms with E-state index in [4.69, 9.17) is 0 Å². The fourth-order valence-electron chi connectivity index (χ4n) is 4.45. The predicted molar refractivity (Wildman–Crippen MR) is 107 cm³/mol. The fourth-order valence-corrected chi connectivity index (χ4v) is 4.45. The van der Waals surface area contributed by atoms with Gasteiger partial charge in [-0.3, -0.25) is 9.69 Å². The Morgan fingerprint density at radius 3 is 2.93 bits per heavy atom. The quantitative estimate of drug-likeness (QED) is 0.857. The molecule has 0 unspecified atom stereocenters. The maximum atomic E-state index is 12.5. The summed E-state index contributed by atoms with van der Waals surface area (Å²) in [4.78, 5) is 24.4. The van der Waals surface area contributed by atoms with Crippen molar-refractivity contribution >= 4 is 12.0 Å². The third-order valence-electron chi connectivity index (χ3n) is 5.88. The van der Waals surface area contributed by atoms with E-state index < -0.39 is 0 Å². The van der Waals surface area contributed by atoms with E-state index in [1.54, 1.807) is 6.33 Å². The Hall–Kier alpha value is -2.40. The van der Waals surface area contributed by atoms with Crippen LogP contribution in [0.2, 0.25) is 0 Å². The molecule has 27 heavy (non-hydrogen) atoms. The molecule has 1 aromatic heterocycles. The molecule has 1 aromatic carbocycles. The summed E-state index contributed by atoms with van der Waals surface area (Å²) in [6, 6.07) is 10.9. The van der Waals surface area contributed by atoms with Gasteiger partial charge in [-0.05, 0) is 24.3 Å². The lowest BCUT2D eigenvalue weighted by atomic mass is 9.83. The molecule has 0 bridgehead atoms. The van der Waals surface area contributed by atoms with Crippen molar-refractivity contribution in [1.82, 2.24) is 19.8 Å². The zero-order chi connectivity index (χ0) is 18.5. The van der Waals surface area contributed by atoms with E-state index in [1.807, 2.05) is 12.3 Å². The molecule has 3 heterocycles. The monoisotopic (exact) mass is 364 g/mol. The zero-order valence-corrected chi connectivity index (χ0v) is 15.8. The minimum Gasteiger partial charge on any atom is -0.348 e. The highest BCUT2D eigenvalue weighted by Gasteiger charge is 2.38. The highest BCUT2D eigenvalue weighted by molar-refractivity contribution is 5.77. The molecule has 0 aliphatic carbocycles. The number of imidazole rings is 1. The molecule has 2 aliphatic heterocycles. The number of carbonyl (C=O) groups excluding carboxylic acids is 1. The Morgan fingerprint density at radius 1 is 1.22 bits per heavy atom. The largest absolute Gasteiger partial charge is 0.348 e. The van der Waals surface area contributed by atoms with Gasteiger partial charge in [0.15, 0.2) is 0 Å². The van der Waals surface area contributed by atoms with Gasteiger partial charge in [-0.1, -0.05) is 42.5 Å². The number of benzene rings is 1. The SMILES string of the molecule is O=C1CC[C@H]2CN(C/C=C/c3ccccc3)CC[C@H]2N1CCc1cnc[nH]1. The van der Waals surface area contributed by atoms with Crippen molar-refractivity contribution in [2.24, 2.45) is 5.92 Å². The van der Waals surface area contributed by atoms with Gasteiger partial charge in [-0.25, -0.2) is 4.98 Å². The molecule has 2 fully saturated rings. The molecule has 2 aromatic rings. The smallest absolute Gasteiger partial charge is 0.222 e. The first-order valence-corrected chi connectivity index (χ1v) is 10.0. The van der Waals surface area contributed by atoms with Crippen LogP contribution in [-0.2, 0) is 11.2 Å². The van der Waals surface area contributed by atoms with E-state index in [9.17, 15) is 4.79 Å². The first-order chi connectivity index (χ1) is 13.3. The molecule has 4 rings (SSSR count). The summed E-state index contributed by atoms with van der Waals surface area (Å²) in [6.45, 7) is 3.95. The second-order valence-corrected chi connectivity index (χ2v) is 7.64. The average molecular weight is 364 g/mol. The van der Waals surface area contributed by atoms with Gasteiger partial charge in [-0.2, -0.15) is 0 Å². The number of nitrogens with zero attached hydrogens (tertiary/aromatic N) is 3. The Morgan fingerprint density at radius 2 is 2.11 bits per heavy atom. The number of hydrogen-bond acceptors (Lipinski definition) is 3. The van der Waals surface area contributed by atoms with Crippen LogP contribution in [0.5, 0.6) is 0 Å². The number of aromatic amines is 1. The van der Waals surface area contributed by atoms with Crippen molar-refractivity contribution in [3.05, 3.63) is 60.2 Å². The maximum Gasteiger partial charge on any atom is 0.222 e. The van der Waals surface area contributed by atoms with Gasteiger partial charge < -0.3 is 9.88 Å². The molecule has 2 saturated heterocycles. The summed E-state index contributed by atoms with van der Waals surface area (Å²) in [6.07, 6.45) is 11.7.